The molecule has 5 aliphatic carbocycles. The molecule has 0 spiro atoms. The van der Waals surface area contributed by atoms with E-state index in [1.807, 2.05) is 19.1 Å². The zero-order valence-corrected chi connectivity index (χ0v) is 14.1. The normalized spacial score (nSPS) is 49.8. The van der Waals surface area contributed by atoms with Crippen molar-refractivity contribution in [1.29, 1.82) is 0 Å². The van der Waals surface area contributed by atoms with Crippen LogP contribution in [0.1, 0.15) is 18.4 Å². The molecule has 0 saturated heterocycles. The molecule has 24 heavy (non-hydrogen) atoms. The molecule has 0 aromatic heterocycles. The number of hydrogen-bond donors (Lipinski definition) is 0. The van der Waals surface area contributed by atoms with Crippen LogP contribution in [0.4, 0.5) is 0 Å². The fourth-order valence-corrected chi connectivity index (χ4v) is 10.3. The molecule has 0 bridgehead atoms. The van der Waals surface area contributed by atoms with Crippen LogP contribution in [0.15, 0.2) is 29.2 Å². The first kappa shape index (κ1) is 13.8. The Hall–Kier alpha value is -1.49. The second-order valence-corrected chi connectivity index (χ2v) is 10.6. The van der Waals surface area contributed by atoms with Gasteiger partial charge in [0.25, 0.3) is 0 Å². The second-order valence-electron chi connectivity index (χ2n) is 8.45. The third kappa shape index (κ3) is 1.07. The van der Waals surface area contributed by atoms with E-state index in [9.17, 15) is 18.0 Å². The lowest BCUT2D eigenvalue weighted by molar-refractivity contribution is -0.128. The molecule has 6 rings (SSSR count). The third-order valence-electron chi connectivity index (χ3n) is 7.98. The second kappa shape index (κ2) is 3.69. The molecular formula is C19H18O4S. The van der Waals surface area contributed by atoms with E-state index in [-0.39, 0.29) is 47.1 Å². The van der Waals surface area contributed by atoms with Crippen molar-refractivity contribution in [2.75, 3.05) is 0 Å². The molecule has 0 N–H and O–H groups in total. The van der Waals surface area contributed by atoms with E-state index in [1.54, 1.807) is 12.1 Å². The van der Waals surface area contributed by atoms with E-state index in [4.69, 9.17) is 0 Å². The lowest BCUT2D eigenvalue weighted by Gasteiger charge is -2.53. The molecule has 1 aromatic rings. The Balaban J connectivity index is 1.61. The van der Waals surface area contributed by atoms with Gasteiger partial charge in [0, 0.05) is 23.7 Å². The highest BCUT2D eigenvalue weighted by atomic mass is 32.2. The van der Waals surface area contributed by atoms with Gasteiger partial charge in [-0.25, -0.2) is 8.42 Å². The van der Waals surface area contributed by atoms with Crippen LogP contribution < -0.4 is 0 Å². The lowest BCUT2D eigenvalue weighted by Crippen LogP contribution is -2.63. The number of carbonyl (C=O) groups excluding carboxylic acids is 2. The Kier molecular flexibility index (Phi) is 2.12. The van der Waals surface area contributed by atoms with E-state index in [0.29, 0.717) is 17.7 Å². The number of sulfone groups is 1. The van der Waals surface area contributed by atoms with E-state index in [1.165, 1.54) is 0 Å². The predicted octanol–water partition coefficient (Wildman–Crippen LogP) is 1.81. The number of ketones is 2. The number of rotatable bonds is 2. The number of carbonyl (C=O) groups is 2. The standard InChI is InChI=1S/C19H18O4S/c1-8-2-4-9(5-3-8)24(22,23)19-13-7-12-16(19)14-10(17(12)20)6-11(15(14)19)18(13)21/h2-5,10-16H,6-7H2,1H3. The van der Waals surface area contributed by atoms with Crippen LogP contribution in [0.5, 0.6) is 0 Å². The molecule has 8 atom stereocenters. The number of benzene rings is 1. The Morgan fingerprint density at radius 2 is 1.54 bits per heavy atom. The van der Waals surface area contributed by atoms with Gasteiger partial charge in [-0.1, -0.05) is 17.7 Å². The molecular weight excluding hydrogens is 324 g/mol. The summed E-state index contributed by atoms with van der Waals surface area (Å²) in [4.78, 5) is 25.9. The highest BCUT2D eigenvalue weighted by Crippen LogP contribution is 2.82. The van der Waals surface area contributed by atoms with Crippen LogP contribution in [-0.2, 0) is 19.4 Å². The van der Waals surface area contributed by atoms with E-state index in [2.05, 4.69) is 0 Å². The van der Waals surface area contributed by atoms with Gasteiger partial charge in [0.1, 0.15) is 11.6 Å². The highest BCUT2D eigenvalue weighted by Gasteiger charge is 2.90. The first-order chi connectivity index (χ1) is 11.4. The van der Waals surface area contributed by atoms with Crippen molar-refractivity contribution in [3.63, 3.8) is 0 Å². The summed E-state index contributed by atoms with van der Waals surface area (Å²) in [5, 5.41) is 0. The van der Waals surface area contributed by atoms with Crippen LogP contribution in [0, 0.1) is 48.3 Å². The lowest BCUT2D eigenvalue weighted by atomic mass is 9.59. The van der Waals surface area contributed by atoms with Gasteiger partial charge in [0.05, 0.1) is 9.64 Å². The molecule has 5 fully saturated rings. The van der Waals surface area contributed by atoms with E-state index >= 15 is 0 Å². The van der Waals surface area contributed by atoms with E-state index < -0.39 is 20.5 Å². The van der Waals surface area contributed by atoms with Gasteiger partial charge in [0.15, 0.2) is 9.84 Å². The minimum Gasteiger partial charge on any atom is -0.299 e. The Labute approximate surface area is 140 Å². The van der Waals surface area contributed by atoms with Crippen LogP contribution >= 0.6 is 0 Å². The summed E-state index contributed by atoms with van der Waals surface area (Å²) in [5.41, 5.74) is 1.01. The smallest absolute Gasteiger partial charge is 0.185 e. The molecule has 0 amide bonds. The number of Topliss-reactive ketones (excluding diaryl/α,β-unsaturated/α-hetero) is 2. The van der Waals surface area contributed by atoms with Crippen molar-refractivity contribution < 1.29 is 18.0 Å². The zero-order valence-electron chi connectivity index (χ0n) is 13.3. The Bertz CT molecular complexity index is 919. The minimum atomic E-state index is -3.61. The summed E-state index contributed by atoms with van der Waals surface area (Å²) < 4.78 is 26.4. The zero-order chi connectivity index (χ0) is 16.6. The van der Waals surface area contributed by atoms with Crippen LogP contribution in [0.2, 0.25) is 0 Å². The quantitative estimate of drug-likeness (QED) is 0.822. The van der Waals surface area contributed by atoms with Gasteiger partial charge < -0.3 is 0 Å². The van der Waals surface area contributed by atoms with Gasteiger partial charge in [0.2, 0.25) is 0 Å². The molecule has 0 radical (unpaired) electrons. The van der Waals surface area contributed by atoms with Gasteiger partial charge in [-0.15, -0.1) is 0 Å². The van der Waals surface area contributed by atoms with Crippen molar-refractivity contribution in [2.24, 2.45) is 41.4 Å². The molecule has 5 aliphatic rings. The maximum Gasteiger partial charge on any atom is 0.185 e. The fraction of sp³-hybridized carbons (Fsp3) is 0.579. The molecule has 1 aromatic carbocycles. The average Bonchev–Trinajstić information content (AvgIpc) is 3.14. The topological polar surface area (TPSA) is 68.3 Å². The van der Waals surface area contributed by atoms with Gasteiger partial charge in [-0.2, -0.15) is 0 Å². The van der Waals surface area contributed by atoms with Crippen molar-refractivity contribution in [2.45, 2.75) is 29.4 Å². The van der Waals surface area contributed by atoms with Crippen molar-refractivity contribution in [3.05, 3.63) is 29.8 Å². The summed E-state index contributed by atoms with van der Waals surface area (Å²) in [7, 11) is -3.61. The Morgan fingerprint density at radius 3 is 2.21 bits per heavy atom. The number of hydrogen-bond acceptors (Lipinski definition) is 4. The predicted molar refractivity (Wildman–Crippen MR) is 84.8 cm³/mol. The van der Waals surface area contributed by atoms with Gasteiger partial charge >= 0.3 is 0 Å². The van der Waals surface area contributed by atoms with Crippen LogP contribution in [0.3, 0.4) is 0 Å². The van der Waals surface area contributed by atoms with Crippen molar-refractivity contribution in [1.82, 2.24) is 0 Å². The fourth-order valence-electron chi connectivity index (χ4n) is 7.45. The molecule has 5 saturated carbocycles. The summed E-state index contributed by atoms with van der Waals surface area (Å²) in [6.07, 6.45) is 1.09. The third-order valence-corrected chi connectivity index (χ3v) is 10.6. The van der Waals surface area contributed by atoms with Crippen LogP contribution in [0.25, 0.3) is 0 Å². The summed E-state index contributed by atoms with van der Waals surface area (Å²) in [6.45, 7) is 1.93. The highest BCUT2D eigenvalue weighted by molar-refractivity contribution is 7.93. The first-order valence-electron chi connectivity index (χ1n) is 8.79. The largest absolute Gasteiger partial charge is 0.299 e. The monoisotopic (exact) mass is 342 g/mol. The van der Waals surface area contributed by atoms with Gasteiger partial charge in [-0.3, -0.25) is 9.59 Å². The van der Waals surface area contributed by atoms with Crippen molar-refractivity contribution >= 4 is 21.4 Å². The molecule has 8 unspecified atom stereocenters. The average molecular weight is 342 g/mol. The maximum atomic E-state index is 13.7. The first-order valence-corrected chi connectivity index (χ1v) is 10.3. The Morgan fingerprint density at radius 1 is 0.917 bits per heavy atom. The maximum absolute atomic E-state index is 13.7. The molecule has 0 heterocycles. The molecule has 0 aliphatic heterocycles. The summed E-state index contributed by atoms with van der Waals surface area (Å²) in [5.74, 6) is -0.519. The van der Waals surface area contributed by atoms with E-state index in [0.717, 1.165) is 5.56 Å². The number of aryl methyl sites for hydroxylation is 1. The van der Waals surface area contributed by atoms with Crippen LogP contribution in [-0.4, -0.2) is 24.7 Å². The molecule has 4 nitrogen and oxygen atoms in total. The summed E-state index contributed by atoms with van der Waals surface area (Å²) >= 11 is 0. The summed E-state index contributed by atoms with van der Waals surface area (Å²) in [6, 6.07) is 6.97. The minimum absolute atomic E-state index is 0.0402. The SMILES string of the molecule is Cc1ccc(S(=O)(=O)C23C4CC5C(=O)C6CC(C4=O)C2C6C53)cc1. The van der Waals surface area contributed by atoms with Crippen molar-refractivity contribution in [3.8, 4) is 0 Å². The molecule has 5 heteroatoms. The molecule has 124 valence electrons. The van der Waals surface area contributed by atoms with Gasteiger partial charge in [-0.05, 0) is 49.7 Å².